The van der Waals surface area contributed by atoms with Gasteiger partial charge in [-0.1, -0.05) is 85.0 Å². The maximum atomic E-state index is 15.5. The van der Waals surface area contributed by atoms with E-state index in [-0.39, 0.29) is 36.4 Å². The number of rotatable bonds is 14. The zero-order valence-corrected chi connectivity index (χ0v) is 37.3. The van der Waals surface area contributed by atoms with Crippen molar-refractivity contribution in [2.45, 2.75) is 93.4 Å². The minimum absolute atomic E-state index is 0.0737. The number of hydrogen-bond acceptors (Lipinski definition) is 13. The number of ether oxygens (including phenoxy) is 4. The van der Waals surface area contributed by atoms with Crippen molar-refractivity contribution >= 4 is 36.4 Å². The van der Waals surface area contributed by atoms with Crippen LogP contribution in [0.1, 0.15) is 41.6 Å². The molecule has 3 aliphatic heterocycles. The molecule has 4 heterocycles. The molecule has 0 bridgehead atoms. The Morgan fingerprint density at radius 1 is 0.906 bits per heavy atom. The average molecular weight is 894 g/mol. The van der Waals surface area contributed by atoms with E-state index in [0.717, 1.165) is 11.3 Å². The average Bonchev–Trinajstić information content (AvgIpc) is 3.96. The molecule has 8 rings (SSSR count). The number of nitrogens with zero attached hydrogens (tertiary/aromatic N) is 4. The lowest BCUT2D eigenvalue weighted by Crippen LogP contribution is -2.60. The van der Waals surface area contributed by atoms with Crippen LogP contribution in [-0.4, -0.2) is 118 Å². The van der Waals surface area contributed by atoms with Gasteiger partial charge in [0.25, 0.3) is 11.8 Å². The predicted octanol–water partition coefficient (Wildman–Crippen LogP) is 3.01. The number of carbonyl (C=O) groups is 2. The van der Waals surface area contributed by atoms with Crippen LogP contribution in [0.5, 0.6) is 11.5 Å². The van der Waals surface area contributed by atoms with E-state index in [1.54, 1.807) is 42.0 Å². The molecule has 0 radical (unpaired) electrons. The summed E-state index contributed by atoms with van der Waals surface area (Å²) >= 11 is 0. The molecule has 1 aromatic heterocycles. The Morgan fingerprint density at radius 3 is 2.33 bits per heavy atom. The maximum absolute atomic E-state index is 15.5. The molecule has 1 spiro atoms. The fourth-order valence-corrected chi connectivity index (χ4v) is 14.0. The van der Waals surface area contributed by atoms with Gasteiger partial charge in [0.2, 0.25) is 0 Å². The maximum Gasteiger partial charge on any atom is 0.264 e. The molecule has 0 aliphatic carbocycles. The summed E-state index contributed by atoms with van der Waals surface area (Å²) in [4.78, 5) is 30.4. The lowest BCUT2D eigenvalue weighted by Gasteiger charge is -2.37. The summed E-state index contributed by atoms with van der Waals surface area (Å²) in [6, 6.07) is 30.3. The largest absolute Gasteiger partial charge is 0.497 e. The summed E-state index contributed by atoms with van der Waals surface area (Å²) in [6.45, 7) is 7.16. The third kappa shape index (κ3) is 8.11. The normalized spacial score (nSPS) is 27.1. The molecule has 2 saturated heterocycles. The lowest BCUT2D eigenvalue weighted by molar-refractivity contribution is -0.274. The molecule has 3 aliphatic rings. The first-order valence-corrected chi connectivity index (χ1v) is 24.5. The van der Waals surface area contributed by atoms with Crippen LogP contribution >= 0.6 is 0 Å². The van der Waals surface area contributed by atoms with Gasteiger partial charge in [0.05, 0.1) is 58.8 Å². The summed E-state index contributed by atoms with van der Waals surface area (Å²) in [5.41, 5.74) is 2.45. The fraction of sp³-hybridized carbons (Fsp3) is 0.404. The molecule has 2 fully saturated rings. The highest BCUT2D eigenvalue weighted by atomic mass is 28.3. The van der Waals surface area contributed by atoms with Crippen LogP contribution in [-0.2, 0) is 37.8 Å². The third-order valence-corrected chi connectivity index (χ3v) is 17.7. The van der Waals surface area contributed by atoms with E-state index in [2.05, 4.69) is 47.8 Å². The smallest absolute Gasteiger partial charge is 0.264 e. The summed E-state index contributed by atoms with van der Waals surface area (Å²) in [6.07, 6.45) is -6.94. The van der Waals surface area contributed by atoms with Crippen molar-refractivity contribution in [3.8, 4) is 11.5 Å². The topological polar surface area (TPSA) is 218 Å². The van der Waals surface area contributed by atoms with Gasteiger partial charge in [0.1, 0.15) is 29.8 Å². The predicted molar refractivity (Wildman–Crippen MR) is 238 cm³/mol. The van der Waals surface area contributed by atoms with E-state index >= 15 is 4.79 Å². The molecule has 5 aromatic rings. The van der Waals surface area contributed by atoms with E-state index in [1.165, 1.54) is 5.19 Å². The van der Waals surface area contributed by atoms with Crippen LogP contribution in [0.4, 0.5) is 11.4 Å². The van der Waals surface area contributed by atoms with Crippen LogP contribution in [0.3, 0.4) is 0 Å². The molecule has 4 aromatic carbocycles. The highest BCUT2D eigenvalue weighted by Crippen LogP contribution is 2.60. The van der Waals surface area contributed by atoms with Gasteiger partial charge in [-0.2, -0.15) is 0 Å². The van der Waals surface area contributed by atoms with Gasteiger partial charge in [-0.05, 0) is 65.6 Å². The van der Waals surface area contributed by atoms with Crippen LogP contribution in [0.2, 0.25) is 18.6 Å². The Labute approximate surface area is 372 Å². The van der Waals surface area contributed by atoms with Crippen LogP contribution in [0, 0.1) is 5.92 Å². The summed E-state index contributed by atoms with van der Waals surface area (Å²) in [7, 11) is 0.721. The van der Waals surface area contributed by atoms with Crippen molar-refractivity contribution in [3.05, 3.63) is 126 Å². The molecule has 10 atom stereocenters. The van der Waals surface area contributed by atoms with Gasteiger partial charge in [0.15, 0.2) is 18.0 Å². The van der Waals surface area contributed by atoms with Crippen molar-refractivity contribution in [2.24, 2.45) is 5.92 Å². The van der Waals surface area contributed by atoms with E-state index in [1.807, 2.05) is 72.9 Å². The summed E-state index contributed by atoms with van der Waals surface area (Å²) in [5, 5.41) is 63.6. The lowest BCUT2D eigenvalue weighted by atomic mass is 9.82. The van der Waals surface area contributed by atoms with E-state index in [9.17, 15) is 30.3 Å². The van der Waals surface area contributed by atoms with Gasteiger partial charge in [-0.15, -0.1) is 5.10 Å². The number of benzene rings is 4. The van der Waals surface area contributed by atoms with Crippen molar-refractivity contribution in [2.75, 3.05) is 31.0 Å². The molecule has 64 heavy (non-hydrogen) atoms. The second kappa shape index (κ2) is 18.2. The summed E-state index contributed by atoms with van der Waals surface area (Å²) < 4.78 is 25.5. The Balaban J connectivity index is 1.11. The van der Waals surface area contributed by atoms with Crippen molar-refractivity contribution in [1.29, 1.82) is 0 Å². The Morgan fingerprint density at radius 2 is 1.62 bits per heavy atom. The number of fused-ring (bicyclic) bond motifs is 2. The Hall–Kier alpha value is -5.50. The second-order valence-corrected chi connectivity index (χ2v) is 22.1. The monoisotopic (exact) mass is 893 g/mol. The van der Waals surface area contributed by atoms with E-state index < -0.39 is 56.4 Å². The highest BCUT2D eigenvalue weighted by molar-refractivity contribution is 6.91. The molecule has 6 N–H and O–H groups in total. The second-order valence-electron chi connectivity index (χ2n) is 17.4. The van der Waals surface area contributed by atoms with Crippen molar-refractivity contribution in [1.82, 2.24) is 15.0 Å². The zero-order chi connectivity index (χ0) is 45.5. The number of aliphatic hydroxyl groups is 5. The van der Waals surface area contributed by atoms with Crippen LogP contribution in [0.15, 0.2) is 103 Å². The first kappa shape index (κ1) is 45.1. The molecule has 16 nitrogen and oxygen atoms in total. The highest BCUT2D eigenvalue weighted by Gasteiger charge is 2.66. The first-order valence-electron chi connectivity index (χ1n) is 21.4. The fourth-order valence-electron chi connectivity index (χ4n) is 9.96. The number of carbonyl (C=O) groups excluding carboxylic acids is 2. The number of amides is 2. The number of aryl methyl sites for hydroxylation is 1. The van der Waals surface area contributed by atoms with Gasteiger partial charge in [0, 0.05) is 29.9 Å². The zero-order valence-electron chi connectivity index (χ0n) is 36.3. The Kier molecular flexibility index (Phi) is 12.8. The number of aliphatic hydroxyl groups excluding tert-OH is 5. The van der Waals surface area contributed by atoms with Crippen LogP contribution in [0.25, 0.3) is 0 Å². The molecule has 0 saturated carbocycles. The standard InChI is InChI=1S/C47H55N5O11Si/c1-27-43(64(4,5)33-17-14-31(60-2)15-18-33)38(20-21-51-25-36(49-50-51)34(26-53)29-11-7-6-8-12-29)63-47(27)35-23-32(61-3)16-19-37(35)52(46(47)59)24-28-10-9-13-30(22-28)48-44(57)42-40(55)39(54)41(56)45(58)62-42/h6-19,22-23,25,27,34,38-43,45,53-56,58H,20-21,24,26H2,1-5H3,(H,48,57)/t27-,34?,38+,39-,40-,41+,42-,43-,45+,47+/m0/s1. The van der Waals surface area contributed by atoms with Gasteiger partial charge >= 0.3 is 0 Å². The van der Waals surface area contributed by atoms with E-state index in [0.29, 0.717) is 46.9 Å². The minimum Gasteiger partial charge on any atom is -0.497 e. The molecular formula is C47H55N5O11Si. The van der Waals surface area contributed by atoms with Gasteiger partial charge < -0.3 is 54.7 Å². The molecule has 1 unspecified atom stereocenters. The number of aromatic nitrogens is 3. The quantitative estimate of drug-likeness (QED) is 0.0886. The van der Waals surface area contributed by atoms with Gasteiger partial charge in [-0.3, -0.25) is 14.3 Å². The summed E-state index contributed by atoms with van der Waals surface area (Å²) in [5.74, 6) is -0.408. The number of nitrogens with one attached hydrogen (secondary N) is 1. The van der Waals surface area contributed by atoms with Gasteiger partial charge in [-0.25, -0.2) is 0 Å². The molecule has 2 amide bonds. The van der Waals surface area contributed by atoms with E-state index in [4.69, 9.17) is 18.9 Å². The SMILES string of the molecule is COc1ccc([Si](C)(C)[C@@H]2[C@@H](CCn3cc(C(CO)c4ccccc4)nn3)O[C@]3(C(=O)N(Cc4cccc(NC(=O)[C@H]5O[C@@H](O)[C@H](O)[C@@H](O)[C@@H]5O)c4)c4ccc(OC)cc43)[C@H]2C)cc1. The molecule has 17 heteroatoms. The van der Waals surface area contributed by atoms with Crippen LogP contribution < -0.4 is 24.9 Å². The van der Waals surface area contributed by atoms with Crippen molar-refractivity contribution in [3.63, 3.8) is 0 Å². The number of methoxy groups -OCH3 is 2. The number of anilines is 2. The molecule has 338 valence electrons. The molecular weight excluding hydrogens is 839 g/mol. The Bertz CT molecular complexity index is 2450. The third-order valence-electron chi connectivity index (χ3n) is 13.4. The number of hydrogen-bond donors (Lipinski definition) is 6. The minimum atomic E-state index is -2.50. The first-order chi connectivity index (χ1) is 30.7. The van der Waals surface area contributed by atoms with Crippen molar-refractivity contribution < 1.29 is 54.1 Å².